The fraction of sp³-hybridized carbons (Fsp3) is 0.250. The van der Waals surface area contributed by atoms with Gasteiger partial charge in [0.15, 0.2) is 0 Å². The van der Waals surface area contributed by atoms with Gasteiger partial charge in [-0.2, -0.15) is 10.2 Å². The maximum atomic E-state index is 13.3. The first-order valence-electron chi connectivity index (χ1n) is 8.80. The summed E-state index contributed by atoms with van der Waals surface area (Å²) in [5, 5.41) is 12.0. The average Bonchev–Trinajstić information content (AvgIpc) is 3.33. The molecule has 4 rings (SSSR count). The number of aromatic amines is 1. The number of H-pyrrole nitrogens is 1. The van der Waals surface area contributed by atoms with Gasteiger partial charge in [0.25, 0.3) is 0 Å². The number of rotatable bonds is 6. The monoisotopic (exact) mass is 349 g/mol. The minimum atomic E-state index is -0.241. The van der Waals surface area contributed by atoms with Crippen molar-refractivity contribution in [3.8, 4) is 11.3 Å². The van der Waals surface area contributed by atoms with Gasteiger partial charge >= 0.3 is 0 Å². The van der Waals surface area contributed by atoms with Crippen LogP contribution in [0, 0.1) is 5.82 Å². The highest BCUT2D eigenvalue weighted by molar-refractivity contribution is 5.69. The number of nitrogens with zero attached hydrogens (tertiary/aromatic N) is 4. The van der Waals surface area contributed by atoms with E-state index < -0.39 is 0 Å². The second-order valence-electron chi connectivity index (χ2n) is 6.36. The topological polar surface area (TPSA) is 58.9 Å². The first-order valence-corrected chi connectivity index (χ1v) is 8.80. The maximum Gasteiger partial charge on any atom is 0.123 e. The molecule has 0 bridgehead atoms. The Hall–Kier alpha value is -3.02. The van der Waals surface area contributed by atoms with E-state index in [0.29, 0.717) is 0 Å². The van der Waals surface area contributed by atoms with Gasteiger partial charge in [0.1, 0.15) is 5.82 Å². The van der Waals surface area contributed by atoms with Crippen LogP contribution in [0.1, 0.15) is 30.0 Å². The Balaban J connectivity index is 1.61. The molecular weight excluding hydrogens is 329 g/mol. The van der Waals surface area contributed by atoms with Crippen molar-refractivity contribution in [3.05, 3.63) is 72.1 Å². The highest BCUT2D eigenvalue weighted by atomic mass is 19.1. The van der Waals surface area contributed by atoms with Crippen LogP contribution >= 0.6 is 0 Å². The number of allylic oxidation sites excluding steroid dienone is 1. The van der Waals surface area contributed by atoms with Crippen LogP contribution in [-0.4, -0.2) is 26.2 Å². The third-order valence-electron chi connectivity index (χ3n) is 4.61. The van der Waals surface area contributed by atoms with Crippen LogP contribution in [0.15, 0.2) is 60.0 Å². The molecule has 1 aromatic carbocycles. The zero-order chi connectivity index (χ0) is 17.8. The Morgan fingerprint density at radius 1 is 1.23 bits per heavy atom. The average molecular weight is 349 g/mol. The van der Waals surface area contributed by atoms with Crippen molar-refractivity contribution in [3.63, 3.8) is 0 Å². The summed E-state index contributed by atoms with van der Waals surface area (Å²) in [6.07, 6.45) is 12.3. The smallest absolute Gasteiger partial charge is 0.123 e. The molecule has 5 nitrogen and oxygen atoms in total. The van der Waals surface area contributed by atoms with Crippen molar-refractivity contribution >= 4 is 6.21 Å². The Morgan fingerprint density at radius 3 is 2.85 bits per heavy atom. The van der Waals surface area contributed by atoms with E-state index in [1.807, 2.05) is 29.4 Å². The van der Waals surface area contributed by atoms with Crippen molar-refractivity contribution in [2.24, 2.45) is 4.99 Å². The zero-order valence-electron chi connectivity index (χ0n) is 14.3. The number of aliphatic imine (C=N–C) groups is 1. The molecule has 1 N–H and O–H groups in total. The van der Waals surface area contributed by atoms with Crippen molar-refractivity contribution in [1.29, 1.82) is 0 Å². The predicted octanol–water partition coefficient (Wildman–Crippen LogP) is 4.12. The molecule has 1 atom stereocenters. The first-order chi connectivity index (χ1) is 12.8. The maximum absolute atomic E-state index is 13.3. The summed E-state index contributed by atoms with van der Waals surface area (Å²) in [7, 11) is 0. The van der Waals surface area contributed by atoms with Gasteiger partial charge < -0.3 is 0 Å². The Morgan fingerprint density at radius 2 is 2.12 bits per heavy atom. The molecule has 0 spiro atoms. The molecule has 0 saturated carbocycles. The Bertz CT molecular complexity index is 906. The molecule has 0 aliphatic carbocycles. The van der Waals surface area contributed by atoms with Gasteiger partial charge in [-0.3, -0.25) is 14.8 Å². The number of benzene rings is 1. The van der Waals surface area contributed by atoms with Crippen LogP contribution in [0.3, 0.4) is 0 Å². The van der Waals surface area contributed by atoms with Gasteiger partial charge in [0.05, 0.1) is 5.69 Å². The normalized spacial score (nSPS) is 16.3. The molecule has 26 heavy (non-hydrogen) atoms. The third kappa shape index (κ3) is 3.49. The van der Waals surface area contributed by atoms with Crippen LogP contribution in [0.25, 0.3) is 11.3 Å². The van der Waals surface area contributed by atoms with E-state index in [1.165, 1.54) is 17.7 Å². The van der Waals surface area contributed by atoms with Crippen molar-refractivity contribution in [1.82, 2.24) is 20.0 Å². The lowest BCUT2D eigenvalue weighted by molar-refractivity contribution is 0.573. The molecule has 6 heteroatoms. The molecule has 0 fully saturated rings. The third-order valence-corrected chi connectivity index (χ3v) is 4.61. The van der Waals surface area contributed by atoms with Crippen LogP contribution < -0.4 is 0 Å². The second-order valence-corrected chi connectivity index (χ2v) is 6.36. The van der Waals surface area contributed by atoms with E-state index >= 15 is 0 Å². The molecule has 1 aliphatic heterocycles. The predicted molar refractivity (Wildman–Crippen MR) is 99.5 cm³/mol. The number of hydrogen-bond donors (Lipinski definition) is 1. The second kappa shape index (κ2) is 7.47. The van der Waals surface area contributed by atoms with Crippen LogP contribution in [-0.2, 0) is 13.0 Å². The number of halogens is 1. The molecule has 3 heterocycles. The molecule has 0 radical (unpaired) electrons. The van der Waals surface area contributed by atoms with Crippen LogP contribution in [0.5, 0.6) is 0 Å². The Kier molecular flexibility index (Phi) is 4.73. The standard InChI is InChI=1S/C20H20FN5/c21-17-6-4-16(5-7-17)20-19(15-8-11-22-12-9-15)18(24-25-20)3-1-13-26-14-2-10-23-26/h2,4-8,10-12,14-15H,1,3,9,13H2,(H,24,25). The zero-order valence-corrected chi connectivity index (χ0v) is 14.3. The summed E-state index contributed by atoms with van der Waals surface area (Å²) in [6.45, 7) is 0.860. The molecular formula is C20H20FN5. The van der Waals surface area contributed by atoms with E-state index in [2.05, 4.69) is 26.4 Å². The molecule has 1 unspecified atom stereocenters. The van der Waals surface area contributed by atoms with E-state index in [9.17, 15) is 4.39 Å². The van der Waals surface area contributed by atoms with Crippen LogP contribution in [0.4, 0.5) is 4.39 Å². The fourth-order valence-electron chi connectivity index (χ4n) is 3.34. The molecule has 2 aromatic heterocycles. The summed E-state index contributed by atoms with van der Waals surface area (Å²) >= 11 is 0. The molecule has 3 aromatic rings. The van der Waals surface area contributed by atoms with Gasteiger partial charge in [-0.05, 0) is 49.6 Å². The molecule has 132 valence electrons. The van der Waals surface area contributed by atoms with E-state index in [1.54, 1.807) is 18.3 Å². The summed E-state index contributed by atoms with van der Waals surface area (Å²) in [4.78, 5) is 4.18. The highest BCUT2D eigenvalue weighted by Crippen LogP contribution is 2.34. The largest absolute Gasteiger partial charge is 0.282 e. The molecule has 0 saturated heterocycles. The number of hydrogen-bond acceptors (Lipinski definition) is 3. The summed E-state index contributed by atoms with van der Waals surface area (Å²) in [5.74, 6) is -0.0130. The number of aryl methyl sites for hydroxylation is 2. The first kappa shape index (κ1) is 16.4. The number of aromatic nitrogens is 4. The minimum Gasteiger partial charge on any atom is -0.282 e. The van der Waals surface area contributed by atoms with Gasteiger partial charge in [0.2, 0.25) is 0 Å². The van der Waals surface area contributed by atoms with Gasteiger partial charge in [0, 0.05) is 54.1 Å². The number of nitrogens with one attached hydrogen (secondary N) is 1. The Labute approximate surface area is 151 Å². The summed E-state index contributed by atoms with van der Waals surface area (Å²) < 4.78 is 15.2. The summed E-state index contributed by atoms with van der Waals surface area (Å²) in [5.41, 5.74) is 4.12. The lowest BCUT2D eigenvalue weighted by Gasteiger charge is -2.15. The van der Waals surface area contributed by atoms with Gasteiger partial charge in [-0.15, -0.1) is 0 Å². The van der Waals surface area contributed by atoms with Crippen LogP contribution in [0.2, 0.25) is 0 Å². The van der Waals surface area contributed by atoms with E-state index in [-0.39, 0.29) is 11.7 Å². The summed E-state index contributed by atoms with van der Waals surface area (Å²) in [6, 6.07) is 8.44. The fourth-order valence-corrected chi connectivity index (χ4v) is 3.34. The molecule has 0 amide bonds. The molecule has 1 aliphatic rings. The van der Waals surface area contributed by atoms with Crippen molar-refractivity contribution in [2.45, 2.75) is 31.7 Å². The van der Waals surface area contributed by atoms with Crippen molar-refractivity contribution in [2.75, 3.05) is 0 Å². The minimum absolute atomic E-state index is 0.228. The van der Waals surface area contributed by atoms with E-state index in [0.717, 1.165) is 42.8 Å². The lowest BCUT2D eigenvalue weighted by atomic mass is 9.89. The van der Waals surface area contributed by atoms with Gasteiger partial charge in [-0.25, -0.2) is 4.39 Å². The lowest BCUT2D eigenvalue weighted by Crippen LogP contribution is -2.05. The van der Waals surface area contributed by atoms with Gasteiger partial charge in [-0.1, -0.05) is 6.08 Å². The quantitative estimate of drug-likeness (QED) is 0.728. The van der Waals surface area contributed by atoms with E-state index in [4.69, 9.17) is 0 Å². The SMILES string of the molecule is Fc1ccc(-c2n[nH]c(CCCn3cccn3)c2C2C=CN=CC2)cc1. The van der Waals surface area contributed by atoms with Crippen molar-refractivity contribution < 1.29 is 4.39 Å². The highest BCUT2D eigenvalue weighted by Gasteiger charge is 2.22.